The van der Waals surface area contributed by atoms with Gasteiger partial charge in [-0.05, 0) is 25.5 Å². The van der Waals surface area contributed by atoms with E-state index < -0.39 is 20.2 Å². The maximum atomic E-state index is 12.2. The highest BCUT2D eigenvalue weighted by Crippen LogP contribution is 2.09. The number of imidazole rings is 1. The van der Waals surface area contributed by atoms with Crippen LogP contribution in [0.25, 0.3) is 0 Å². The number of rotatable bonds is 8. The van der Waals surface area contributed by atoms with Crippen LogP contribution < -0.4 is 21.7 Å². The molecule has 0 bridgehead atoms. The summed E-state index contributed by atoms with van der Waals surface area (Å²) in [6, 6.07) is 6.63. The van der Waals surface area contributed by atoms with Gasteiger partial charge in [0.2, 0.25) is 10.0 Å². The average molecular weight is 423 g/mol. The number of aromatic nitrogens is 2. The zero-order valence-corrected chi connectivity index (χ0v) is 17.2. The molecule has 146 valence electrons. The van der Waals surface area contributed by atoms with E-state index in [0.29, 0.717) is 13.0 Å². The van der Waals surface area contributed by atoms with Crippen molar-refractivity contribution < 1.29 is 33.8 Å². The van der Waals surface area contributed by atoms with Crippen molar-refractivity contribution >= 4 is 20.2 Å². The Kier molecular flexibility index (Phi) is 7.78. The first-order valence-corrected chi connectivity index (χ1v) is 10.6. The highest BCUT2D eigenvalue weighted by molar-refractivity contribution is 7.89. The van der Waals surface area contributed by atoms with E-state index in [1.54, 1.807) is 35.0 Å². The van der Waals surface area contributed by atoms with Crippen molar-refractivity contribution in [3.05, 3.63) is 48.5 Å². The third-order valence-electron chi connectivity index (χ3n) is 3.61. The summed E-state index contributed by atoms with van der Waals surface area (Å²) in [6.07, 6.45) is 5.08. The minimum Gasteiger partial charge on any atom is -1.00 e. The Morgan fingerprint density at radius 3 is 2.31 bits per heavy atom. The van der Waals surface area contributed by atoms with Gasteiger partial charge in [-0.3, -0.25) is 0 Å². The quantitative estimate of drug-likeness (QED) is 0.365. The van der Waals surface area contributed by atoms with Gasteiger partial charge in [-0.25, -0.2) is 17.7 Å². The molecule has 1 heterocycles. The van der Waals surface area contributed by atoms with E-state index in [4.69, 9.17) is 0 Å². The van der Waals surface area contributed by atoms with Gasteiger partial charge in [-0.1, -0.05) is 17.7 Å². The predicted molar refractivity (Wildman–Crippen MR) is 93.6 cm³/mol. The molecule has 0 atom stereocenters. The summed E-state index contributed by atoms with van der Waals surface area (Å²) < 4.78 is 54.7. The maximum absolute atomic E-state index is 12.2. The van der Waals surface area contributed by atoms with Crippen LogP contribution >= 0.6 is 0 Å². The SMILES string of the molecule is Cc1ccc(S(=O)(=O)NCCC[n+]2ccn(S(=O)(=O)N(C)C)c2)cc1.[Cl-]. The van der Waals surface area contributed by atoms with Gasteiger partial charge < -0.3 is 12.4 Å². The van der Waals surface area contributed by atoms with E-state index in [1.807, 2.05) is 6.92 Å². The van der Waals surface area contributed by atoms with Gasteiger partial charge in [0.25, 0.3) is 6.33 Å². The molecule has 0 saturated heterocycles. The molecule has 0 aliphatic heterocycles. The Morgan fingerprint density at radius 1 is 1.12 bits per heavy atom. The van der Waals surface area contributed by atoms with E-state index in [2.05, 4.69) is 4.72 Å². The van der Waals surface area contributed by atoms with Crippen LogP contribution in [0.1, 0.15) is 12.0 Å². The summed E-state index contributed by atoms with van der Waals surface area (Å²) >= 11 is 0. The molecular weight excluding hydrogens is 400 g/mol. The third-order valence-corrected chi connectivity index (χ3v) is 6.76. The van der Waals surface area contributed by atoms with Crippen molar-refractivity contribution in [1.29, 1.82) is 0 Å². The topological polar surface area (TPSA) is 92.4 Å². The monoisotopic (exact) mass is 422 g/mol. The molecule has 1 aromatic carbocycles. The minimum absolute atomic E-state index is 0. The van der Waals surface area contributed by atoms with E-state index in [1.165, 1.54) is 26.6 Å². The lowest BCUT2D eigenvalue weighted by molar-refractivity contribution is -0.696. The molecule has 1 N–H and O–H groups in total. The summed E-state index contributed by atoms with van der Waals surface area (Å²) in [5, 5.41) is 0. The van der Waals surface area contributed by atoms with Crippen molar-refractivity contribution in [2.24, 2.45) is 0 Å². The smallest absolute Gasteiger partial charge is 0.379 e. The zero-order valence-electron chi connectivity index (χ0n) is 14.8. The normalized spacial score (nSPS) is 12.2. The van der Waals surface area contributed by atoms with Gasteiger partial charge in [-0.2, -0.15) is 12.7 Å². The Bertz CT molecular complexity index is 923. The van der Waals surface area contributed by atoms with Gasteiger partial charge in [0, 0.05) is 20.6 Å². The summed E-state index contributed by atoms with van der Waals surface area (Å²) in [4.78, 5) is 0.231. The predicted octanol–water partition coefficient (Wildman–Crippen LogP) is -2.89. The first-order chi connectivity index (χ1) is 11.6. The molecule has 2 aromatic rings. The summed E-state index contributed by atoms with van der Waals surface area (Å²) in [5.41, 5.74) is 0.993. The highest BCUT2D eigenvalue weighted by Gasteiger charge is 2.22. The van der Waals surface area contributed by atoms with Gasteiger partial charge >= 0.3 is 10.2 Å². The van der Waals surface area contributed by atoms with Crippen LogP contribution in [0.5, 0.6) is 0 Å². The van der Waals surface area contributed by atoms with Crippen molar-refractivity contribution in [2.75, 3.05) is 20.6 Å². The molecular formula is C15H23ClN4O4S2. The molecule has 8 nitrogen and oxygen atoms in total. The molecule has 26 heavy (non-hydrogen) atoms. The number of sulfonamides is 1. The largest absolute Gasteiger partial charge is 1.00 e. The fourth-order valence-corrected chi connectivity index (χ4v) is 4.00. The van der Waals surface area contributed by atoms with Gasteiger partial charge in [-0.15, -0.1) is 3.97 Å². The van der Waals surface area contributed by atoms with Crippen LogP contribution in [0.15, 0.2) is 47.9 Å². The van der Waals surface area contributed by atoms with Gasteiger partial charge in [0.15, 0.2) is 0 Å². The van der Waals surface area contributed by atoms with E-state index in [-0.39, 0.29) is 23.8 Å². The van der Waals surface area contributed by atoms with Crippen LogP contribution in [-0.4, -0.2) is 45.8 Å². The molecule has 1 aromatic heterocycles. The number of halogens is 1. The summed E-state index contributed by atoms with van der Waals surface area (Å²) in [7, 11) is -4.14. The molecule has 0 fully saturated rings. The van der Waals surface area contributed by atoms with E-state index in [0.717, 1.165) is 13.8 Å². The number of nitrogens with zero attached hydrogens (tertiary/aromatic N) is 3. The first-order valence-electron chi connectivity index (χ1n) is 7.69. The number of aryl methyl sites for hydroxylation is 2. The maximum Gasteiger partial charge on any atom is 0.379 e. The van der Waals surface area contributed by atoms with Crippen LogP contribution in [-0.2, 0) is 26.8 Å². The third kappa shape index (κ3) is 5.52. The summed E-state index contributed by atoms with van der Waals surface area (Å²) in [6.45, 7) is 2.64. The second kappa shape index (κ2) is 8.96. The molecule has 0 amide bonds. The second-order valence-corrected chi connectivity index (χ2v) is 9.65. The average Bonchev–Trinajstić information content (AvgIpc) is 3.01. The minimum atomic E-state index is -3.53. The number of hydrogen-bond donors (Lipinski definition) is 1. The molecule has 0 aliphatic rings. The number of benzene rings is 1. The molecule has 0 radical (unpaired) electrons. The van der Waals surface area contributed by atoms with E-state index >= 15 is 0 Å². The Labute approximate surface area is 161 Å². The number of nitrogens with one attached hydrogen (secondary N) is 1. The van der Waals surface area contributed by atoms with Crippen LogP contribution in [0.4, 0.5) is 0 Å². The Hall–Kier alpha value is -1.46. The molecule has 11 heteroatoms. The van der Waals surface area contributed by atoms with Crippen molar-refractivity contribution in [2.45, 2.75) is 24.8 Å². The fourth-order valence-electron chi connectivity index (χ4n) is 2.10. The molecule has 2 rings (SSSR count). The lowest BCUT2D eigenvalue weighted by atomic mass is 10.2. The lowest BCUT2D eigenvalue weighted by Gasteiger charge is -2.06. The number of hydrogen-bond acceptors (Lipinski definition) is 4. The van der Waals surface area contributed by atoms with Crippen molar-refractivity contribution in [3.63, 3.8) is 0 Å². The Balaban J connectivity index is 0.00000338. The second-order valence-electron chi connectivity index (χ2n) is 5.84. The molecule has 0 spiro atoms. The zero-order chi connectivity index (χ0) is 18.7. The van der Waals surface area contributed by atoms with E-state index in [9.17, 15) is 16.8 Å². The molecule has 0 saturated carbocycles. The summed E-state index contributed by atoms with van der Waals surface area (Å²) in [5.74, 6) is 0. The van der Waals surface area contributed by atoms with Crippen molar-refractivity contribution in [1.82, 2.24) is 13.0 Å². The fraction of sp³-hybridized carbons (Fsp3) is 0.400. The van der Waals surface area contributed by atoms with Crippen molar-refractivity contribution in [3.8, 4) is 0 Å². The van der Waals surface area contributed by atoms with Crippen LogP contribution in [0.3, 0.4) is 0 Å². The lowest BCUT2D eigenvalue weighted by Crippen LogP contribution is -3.00. The van der Waals surface area contributed by atoms with Crippen LogP contribution in [0, 0.1) is 6.92 Å². The standard InChI is InChI=1S/C15H23N4O4S2.ClH/c1-14-5-7-15(8-6-14)24(20,21)16-9-4-10-18-11-12-19(13-18)25(22,23)17(2)3;/h5-8,11-13,16H,4,9-10H2,1-3H3;1H/q+1;/p-1. The van der Waals surface area contributed by atoms with Gasteiger partial charge in [0.1, 0.15) is 12.4 Å². The van der Waals surface area contributed by atoms with Crippen LogP contribution in [0.2, 0.25) is 0 Å². The Morgan fingerprint density at radius 2 is 1.73 bits per heavy atom. The molecule has 0 unspecified atom stereocenters. The van der Waals surface area contributed by atoms with Gasteiger partial charge in [0.05, 0.1) is 11.4 Å². The highest BCUT2D eigenvalue weighted by atomic mass is 35.5. The molecule has 0 aliphatic carbocycles. The first kappa shape index (κ1) is 22.6.